The number of fused-ring (bicyclic) bond motifs is 6. The number of hydrogen-bond donors (Lipinski definition) is 0. The molecule has 12 rings (SSSR count). The summed E-state index contributed by atoms with van der Waals surface area (Å²) < 4.78 is 6.99. The molecule has 1 aromatic heterocycles. The molecule has 1 aliphatic rings. The van der Waals surface area contributed by atoms with Crippen LogP contribution in [0.2, 0.25) is 0 Å². The van der Waals surface area contributed by atoms with Crippen molar-refractivity contribution in [1.82, 2.24) is 0 Å². The van der Waals surface area contributed by atoms with Gasteiger partial charge in [0, 0.05) is 33.9 Å². The lowest BCUT2D eigenvalue weighted by atomic mass is 9.67. The van der Waals surface area contributed by atoms with Crippen LogP contribution in [0.3, 0.4) is 0 Å². The first-order valence-corrected chi connectivity index (χ1v) is 21.7. The van der Waals surface area contributed by atoms with Crippen molar-refractivity contribution in [3.8, 4) is 44.5 Å². The highest BCUT2D eigenvalue weighted by molar-refractivity contribution is 6.07. The van der Waals surface area contributed by atoms with Crippen LogP contribution in [0.4, 0.5) is 17.1 Å². The molecule has 0 aliphatic heterocycles. The van der Waals surface area contributed by atoms with Crippen molar-refractivity contribution in [3.63, 3.8) is 0 Å². The van der Waals surface area contributed by atoms with Crippen LogP contribution >= 0.6 is 0 Å². The van der Waals surface area contributed by atoms with E-state index in [-0.39, 0.29) is 0 Å². The zero-order chi connectivity index (χ0) is 41.7. The van der Waals surface area contributed by atoms with Crippen LogP contribution in [0.25, 0.3) is 66.4 Å². The van der Waals surface area contributed by atoms with Gasteiger partial charge < -0.3 is 9.32 Å². The minimum absolute atomic E-state index is 0.563. The Kier molecular flexibility index (Phi) is 8.76. The minimum Gasteiger partial charge on any atom is -0.456 e. The largest absolute Gasteiger partial charge is 0.456 e. The summed E-state index contributed by atoms with van der Waals surface area (Å²) >= 11 is 0. The van der Waals surface area contributed by atoms with E-state index in [1.165, 1.54) is 61.2 Å². The summed E-state index contributed by atoms with van der Waals surface area (Å²) in [6.45, 7) is 0. The molecule has 0 unspecified atom stereocenters. The summed E-state index contributed by atoms with van der Waals surface area (Å²) in [7, 11) is 0. The number of anilines is 3. The average Bonchev–Trinajstić information content (AvgIpc) is 3.88. The number of furan rings is 1. The van der Waals surface area contributed by atoms with Crippen molar-refractivity contribution >= 4 is 39.0 Å². The Balaban J connectivity index is 0.999. The highest BCUT2D eigenvalue weighted by Gasteiger charge is 2.46. The van der Waals surface area contributed by atoms with Crippen molar-refractivity contribution in [1.29, 1.82) is 0 Å². The normalized spacial score (nSPS) is 12.6. The molecule has 0 spiro atoms. The second-order valence-corrected chi connectivity index (χ2v) is 16.4. The molecule has 0 saturated heterocycles. The monoisotopic (exact) mass is 803 g/mol. The van der Waals surface area contributed by atoms with Crippen LogP contribution in [0.15, 0.2) is 253 Å². The zero-order valence-electron chi connectivity index (χ0n) is 34.5. The molecule has 0 fully saturated rings. The fourth-order valence-electron chi connectivity index (χ4n) is 10.1. The lowest BCUT2D eigenvalue weighted by molar-refractivity contribution is 0.665. The Morgan fingerprint density at radius 1 is 0.286 bits per heavy atom. The van der Waals surface area contributed by atoms with Crippen LogP contribution in [-0.2, 0) is 5.41 Å². The van der Waals surface area contributed by atoms with Crippen LogP contribution in [-0.4, -0.2) is 0 Å². The standard InChI is InChI=1S/C61H41NO/c1-4-17-42(18-5-1)44-21-14-22-45(37-44)47-24-16-28-51(39-47)62(50-26-8-3-9-27-50)52-34-36-56-55-35-33-49(40-59(55)63-60(56)41-52)61(48-25-15-23-46(38-48)43-19-6-2-7-20-43)57-31-12-10-29-53(57)54-30-11-13-32-58(54)61/h1-41H. The Morgan fingerprint density at radius 2 is 0.730 bits per heavy atom. The molecule has 0 N–H and O–H groups in total. The number of para-hydroxylation sites is 1. The average molecular weight is 804 g/mol. The second-order valence-electron chi connectivity index (χ2n) is 16.4. The fraction of sp³-hybridized carbons (Fsp3) is 0.0164. The summed E-state index contributed by atoms with van der Waals surface area (Å²) in [5, 5.41) is 2.19. The van der Waals surface area contributed by atoms with Gasteiger partial charge in [-0.3, -0.25) is 0 Å². The van der Waals surface area contributed by atoms with Gasteiger partial charge in [-0.2, -0.15) is 0 Å². The third-order valence-corrected chi connectivity index (χ3v) is 12.9. The minimum atomic E-state index is -0.563. The maximum Gasteiger partial charge on any atom is 0.137 e. The smallest absolute Gasteiger partial charge is 0.137 e. The molecule has 63 heavy (non-hydrogen) atoms. The summed E-state index contributed by atoms with van der Waals surface area (Å²) in [5.41, 5.74) is 18.9. The molecule has 296 valence electrons. The van der Waals surface area contributed by atoms with Crippen LogP contribution in [0, 0.1) is 0 Å². The van der Waals surface area contributed by atoms with Gasteiger partial charge in [-0.05, 0) is 121 Å². The summed E-state index contributed by atoms with van der Waals surface area (Å²) in [6, 6.07) is 90.0. The van der Waals surface area contributed by atoms with Gasteiger partial charge in [-0.25, -0.2) is 0 Å². The predicted octanol–water partition coefficient (Wildman–Crippen LogP) is 16.4. The molecular weight excluding hydrogens is 763 g/mol. The Labute approximate surface area is 367 Å². The molecular formula is C61H41NO. The first-order valence-electron chi connectivity index (χ1n) is 21.7. The first-order chi connectivity index (χ1) is 31.2. The van der Waals surface area contributed by atoms with E-state index in [9.17, 15) is 0 Å². The molecule has 0 bridgehead atoms. The van der Waals surface area contributed by atoms with E-state index in [0.29, 0.717) is 0 Å². The van der Waals surface area contributed by atoms with Crippen molar-refractivity contribution < 1.29 is 4.42 Å². The van der Waals surface area contributed by atoms with Crippen LogP contribution < -0.4 is 4.90 Å². The third kappa shape index (κ3) is 6.10. The second kappa shape index (κ2) is 15.1. The molecule has 0 amide bonds. The van der Waals surface area contributed by atoms with E-state index in [4.69, 9.17) is 4.42 Å². The van der Waals surface area contributed by atoms with Crippen molar-refractivity contribution in [3.05, 3.63) is 271 Å². The molecule has 1 heterocycles. The lowest BCUT2D eigenvalue weighted by Crippen LogP contribution is -2.28. The van der Waals surface area contributed by atoms with E-state index < -0.39 is 5.41 Å². The molecule has 11 aromatic rings. The van der Waals surface area contributed by atoms with Crippen molar-refractivity contribution in [2.45, 2.75) is 5.41 Å². The van der Waals surface area contributed by atoms with Gasteiger partial charge in [0.05, 0.1) is 5.41 Å². The Bertz CT molecular complexity index is 3410. The maximum absolute atomic E-state index is 6.99. The maximum atomic E-state index is 6.99. The summed E-state index contributed by atoms with van der Waals surface area (Å²) in [6.07, 6.45) is 0. The highest BCUT2D eigenvalue weighted by Crippen LogP contribution is 2.57. The Morgan fingerprint density at radius 3 is 1.40 bits per heavy atom. The van der Waals surface area contributed by atoms with Gasteiger partial charge in [0.1, 0.15) is 11.2 Å². The van der Waals surface area contributed by atoms with Crippen LogP contribution in [0.5, 0.6) is 0 Å². The van der Waals surface area contributed by atoms with Gasteiger partial charge >= 0.3 is 0 Å². The zero-order valence-corrected chi connectivity index (χ0v) is 34.5. The molecule has 0 radical (unpaired) electrons. The number of rotatable bonds is 8. The lowest BCUT2D eigenvalue weighted by Gasteiger charge is -2.34. The topological polar surface area (TPSA) is 16.4 Å². The van der Waals surface area contributed by atoms with E-state index in [2.05, 4.69) is 254 Å². The van der Waals surface area contributed by atoms with Crippen LogP contribution in [0.1, 0.15) is 22.3 Å². The van der Waals surface area contributed by atoms with Gasteiger partial charge in [0.25, 0.3) is 0 Å². The molecule has 2 nitrogen and oxygen atoms in total. The van der Waals surface area contributed by atoms with Crippen molar-refractivity contribution in [2.75, 3.05) is 4.90 Å². The van der Waals surface area contributed by atoms with E-state index in [1.807, 2.05) is 0 Å². The van der Waals surface area contributed by atoms with Gasteiger partial charge in [-0.15, -0.1) is 0 Å². The molecule has 0 saturated carbocycles. The van der Waals surface area contributed by atoms with Crippen molar-refractivity contribution in [2.24, 2.45) is 0 Å². The fourth-order valence-corrected chi connectivity index (χ4v) is 10.1. The van der Waals surface area contributed by atoms with E-state index in [0.717, 1.165) is 44.6 Å². The SMILES string of the molecule is c1ccc(-c2cccc(-c3cccc(N(c4ccccc4)c4ccc5c(c4)oc4cc(C6(c7cccc(-c8ccccc8)c7)c7ccccc7-c7ccccc76)ccc45)c3)c2)cc1. The highest BCUT2D eigenvalue weighted by atomic mass is 16.3. The first kappa shape index (κ1) is 36.6. The third-order valence-electron chi connectivity index (χ3n) is 12.9. The van der Waals surface area contributed by atoms with E-state index >= 15 is 0 Å². The summed E-state index contributed by atoms with van der Waals surface area (Å²) in [5.74, 6) is 0. The number of benzene rings is 10. The molecule has 1 aliphatic carbocycles. The predicted molar refractivity (Wildman–Crippen MR) is 262 cm³/mol. The van der Waals surface area contributed by atoms with Gasteiger partial charge in [0.2, 0.25) is 0 Å². The van der Waals surface area contributed by atoms with Gasteiger partial charge in [0.15, 0.2) is 0 Å². The van der Waals surface area contributed by atoms with Gasteiger partial charge in [-0.1, -0.05) is 188 Å². The summed E-state index contributed by atoms with van der Waals surface area (Å²) in [4.78, 5) is 2.32. The number of nitrogens with zero attached hydrogens (tertiary/aromatic N) is 1. The molecule has 0 atom stereocenters. The van der Waals surface area contributed by atoms with E-state index in [1.54, 1.807) is 0 Å². The molecule has 10 aromatic carbocycles. The molecule has 2 heteroatoms. The quantitative estimate of drug-likeness (QED) is 0.152. The Hall–Kier alpha value is -8.20. The number of hydrogen-bond acceptors (Lipinski definition) is 2.